The highest BCUT2D eigenvalue weighted by Gasteiger charge is 2.44. The first kappa shape index (κ1) is 12.5. The first-order valence-electron chi connectivity index (χ1n) is 5.69. The summed E-state index contributed by atoms with van der Waals surface area (Å²) in [5.74, 6) is -2.47. The van der Waals surface area contributed by atoms with Crippen molar-refractivity contribution >= 4 is 29.1 Å². The molecule has 0 fully saturated rings. The maximum atomic E-state index is 12.3. The fourth-order valence-electron chi connectivity index (χ4n) is 2.14. The number of carboxylic acid groups (broad SMARTS) is 1. The van der Waals surface area contributed by atoms with Gasteiger partial charge in [-0.1, -0.05) is 6.07 Å². The number of rotatable bonds is 3. The smallest absolute Gasteiger partial charge is 0.332 e. The third-order valence-corrected chi connectivity index (χ3v) is 3.95. The van der Waals surface area contributed by atoms with Gasteiger partial charge in [0.05, 0.1) is 11.1 Å². The van der Waals surface area contributed by atoms with E-state index in [1.54, 1.807) is 17.5 Å². The molecule has 1 aliphatic heterocycles. The number of pyridine rings is 1. The van der Waals surface area contributed by atoms with Crippen LogP contribution in [0.1, 0.15) is 31.6 Å². The van der Waals surface area contributed by atoms with Gasteiger partial charge in [-0.2, -0.15) is 0 Å². The highest BCUT2D eigenvalue weighted by molar-refractivity contribution is 7.10. The lowest BCUT2D eigenvalue weighted by Gasteiger charge is -2.21. The predicted molar refractivity (Wildman–Crippen MR) is 69.4 cm³/mol. The molecule has 0 saturated carbocycles. The van der Waals surface area contributed by atoms with Crippen molar-refractivity contribution in [3.63, 3.8) is 0 Å². The molecule has 100 valence electrons. The molecule has 7 heteroatoms. The maximum absolute atomic E-state index is 12.3. The molecule has 20 heavy (non-hydrogen) atoms. The van der Waals surface area contributed by atoms with Gasteiger partial charge in [0, 0.05) is 17.3 Å². The Morgan fingerprint density at radius 3 is 2.60 bits per heavy atom. The van der Waals surface area contributed by atoms with Crippen molar-refractivity contribution in [1.29, 1.82) is 0 Å². The standard InChI is InChI=1S/C13H8N2O4S/c16-11-7-3-4-14-6-8(7)12(17)15(11)10(13(18)19)9-2-1-5-20-9/h1-6,10H,(H,18,19). The Kier molecular flexibility index (Phi) is 2.83. The lowest BCUT2D eigenvalue weighted by Crippen LogP contribution is -2.38. The molecule has 0 bridgehead atoms. The van der Waals surface area contributed by atoms with Crippen LogP contribution in [0.5, 0.6) is 0 Å². The van der Waals surface area contributed by atoms with Gasteiger partial charge in [-0.25, -0.2) is 4.79 Å². The second-order valence-electron chi connectivity index (χ2n) is 4.16. The van der Waals surface area contributed by atoms with Gasteiger partial charge in [-0.3, -0.25) is 19.5 Å². The first-order valence-corrected chi connectivity index (χ1v) is 6.57. The van der Waals surface area contributed by atoms with Crippen LogP contribution in [-0.2, 0) is 4.79 Å². The molecule has 0 saturated heterocycles. The molecule has 2 aromatic heterocycles. The fraction of sp³-hybridized carbons (Fsp3) is 0.0769. The normalized spacial score (nSPS) is 15.3. The Bertz CT molecular complexity index is 676. The number of hydrogen-bond acceptors (Lipinski definition) is 5. The summed E-state index contributed by atoms with van der Waals surface area (Å²) in [5.41, 5.74) is 0.327. The van der Waals surface area contributed by atoms with Crippen LogP contribution in [0.15, 0.2) is 36.0 Å². The molecule has 3 rings (SSSR count). The summed E-state index contributed by atoms with van der Waals surface area (Å²) < 4.78 is 0. The van der Waals surface area contributed by atoms with E-state index in [1.165, 1.54) is 29.8 Å². The predicted octanol–water partition coefficient (Wildman–Crippen LogP) is 1.56. The molecule has 6 nitrogen and oxygen atoms in total. The number of hydrogen-bond donors (Lipinski definition) is 1. The molecular weight excluding hydrogens is 280 g/mol. The summed E-state index contributed by atoms with van der Waals surface area (Å²) in [7, 11) is 0. The minimum atomic E-state index is -1.30. The van der Waals surface area contributed by atoms with Crippen LogP contribution in [-0.4, -0.2) is 32.8 Å². The van der Waals surface area contributed by atoms with E-state index in [0.29, 0.717) is 4.88 Å². The van der Waals surface area contributed by atoms with Crippen molar-refractivity contribution in [1.82, 2.24) is 9.88 Å². The number of amides is 2. The van der Waals surface area contributed by atoms with Crippen LogP contribution >= 0.6 is 11.3 Å². The molecule has 1 atom stereocenters. The molecule has 0 aromatic carbocycles. The fourth-order valence-corrected chi connectivity index (χ4v) is 2.95. The Morgan fingerprint density at radius 2 is 2.00 bits per heavy atom. The zero-order chi connectivity index (χ0) is 14.3. The molecular formula is C13H8N2O4S. The van der Waals surface area contributed by atoms with Gasteiger partial charge in [0.25, 0.3) is 11.8 Å². The van der Waals surface area contributed by atoms with Crippen LogP contribution in [0.3, 0.4) is 0 Å². The SMILES string of the molecule is O=C(O)C(c1cccs1)N1C(=O)c2ccncc2C1=O. The maximum Gasteiger partial charge on any atom is 0.332 e. The van der Waals surface area contributed by atoms with Gasteiger partial charge in [0.15, 0.2) is 6.04 Å². The summed E-state index contributed by atoms with van der Waals surface area (Å²) in [6.45, 7) is 0. The van der Waals surface area contributed by atoms with Crippen LogP contribution in [0.2, 0.25) is 0 Å². The van der Waals surface area contributed by atoms with Gasteiger partial charge < -0.3 is 5.11 Å². The van der Waals surface area contributed by atoms with Crippen LogP contribution in [0, 0.1) is 0 Å². The second-order valence-corrected chi connectivity index (χ2v) is 5.14. The number of thiophene rings is 1. The zero-order valence-corrected chi connectivity index (χ0v) is 10.8. The highest BCUT2D eigenvalue weighted by atomic mass is 32.1. The Hall–Kier alpha value is -2.54. The molecule has 1 aliphatic rings. The van der Waals surface area contributed by atoms with E-state index in [4.69, 9.17) is 0 Å². The van der Waals surface area contributed by atoms with E-state index < -0.39 is 23.8 Å². The minimum Gasteiger partial charge on any atom is -0.479 e. The average molecular weight is 288 g/mol. The number of carbonyl (C=O) groups is 3. The number of carboxylic acids is 1. The van der Waals surface area contributed by atoms with Crippen molar-refractivity contribution < 1.29 is 19.5 Å². The van der Waals surface area contributed by atoms with E-state index in [1.807, 2.05) is 0 Å². The Morgan fingerprint density at radius 1 is 1.25 bits per heavy atom. The number of aromatic nitrogens is 1. The van der Waals surface area contributed by atoms with Crippen molar-refractivity contribution in [3.8, 4) is 0 Å². The number of imide groups is 1. The van der Waals surface area contributed by atoms with Crippen molar-refractivity contribution in [2.75, 3.05) is 0 Å². The second kappa shape index (κ2) is 4.53. The molecule has 2 amide bonds. The topological polar surface area (TPSA) is 87.6 Å². The number of fused-ring (bicyclic) bond motifs is 1. The van der Waals surface area contributed by atoms with E-state index >= 15 is 0 Å². The monoisotopic (exact) mass is 288 g/mol. The summed E-state index contributed by atoms with van der Waals surface area (Å²) in [6, 6.07) is 3.38. The summed E-state index contributed by atoms with van der Waals surface area (Å²) in [4.78, 5) is 41.0. The summed E-state index contributed by atoms with van der Waals surface area (Å²) in [5, 5.41) is 11.1. The lowest BCUT2D eigenvalue weighted by atomic mass is 10.2. The summed E-state index contributed by atoms with van der Waals surface area (Å²) in [6.07, 6.45) is 2.68. The van der Waals surface area contributed by atoms with E-state index in [9.17, 15) is 19.5 Å². The van der Waals surface area contributed by atoms with Crippen LogP contribution in [0.4, 0.5) is 0 Å². The molecule has 3 heterocycles. The minimum absolute atomic E-state index is 0.139. The molecule has 2 aromatic rings. The van der Waals surface area contributed by atoms with E-state index in [2.05, 4.69) is 4.98 Å². The molecule has 0 aliphatic carbocycles. The van der Waals surface area contributed by atoms with Gasteiger partial charge in [-0.15, -0.1) is 11.3 Å². The number of nitrogens with zero attached hydrogens (tertiary/aromatic N) is 2. The third kappa shape index (κ3) is 1.71. The molecule has 0 spiro atoms. The quantitative estimate of drug-likeness (QED) is 0.866. The Balaban J connectivity index is 2.09. The average Bonchev–Trinajstić information content (AvgIpc) is 3.03. The summed E-state index contributed by atoms with van der Waals surface area (Å²) >= 11 is 1.19. The van der Waals surface area contributed by atoms with Crippen molar-refractivity contribution in [2.45, 2.75) is 6.04 Å². The van der Waals surface area contributed by atoms with Gasteiger partial charge in [-0.05, 0) is 17.5 Å². The van der Waals surface area contributed by atoms with Crippen LogP contribution in [0.25, 0.3) is 0 Å². The molecule has 0 radical (unpaired) electrons. The van der Waals surface area contributed by atoms with E-state index in [-0.39, 0.29) is 11.1 Å². The van der Waals surface area contributed by atoms with E-state index in [0.717, 1.165) is 4.90 Å². The molecule has 1 N–H and O–H groups in total. The number of aliphatic carboxylic acids is 1. The van der Waals surface area contributed by atoms with Gasteiger partial charge >= 0.3 is 5.97 Å². The van der Waals surface area contributed by atoms with Gasteiger partial charge in [0.1, 0.15) is 0 Å². The van der Waals surface area contributed by atoms with Gasteiger partial charge in [0.2, 0.25) is 0 Å². The van der Waals surface area contributed by atoms with Crippen molar-refractivity contribution in [3.05, 3.63) is 52.0 Å². The lowest BCUT2D eigenvalue weighted by molar-refractivity contribution is -0.141. The largest absolute Gasteiger partial charge is 0.479 e. The molecule has 1 unspecified atom stereocenters. The zero-order valence-electron chi connectivity index (χ0n) is 10.0. The first-order chi connectivity index (χ1) is 9.61. The third-order valence-electron chi connectivity index (χ3n) is 3.02. The Labute approximate surface area is 117 Å². The highest BCUT2D eigenvalue weighted by Crippen LogP contribution is 2.33. The van der Waals surface area contributed by atoms with Crippen LogP contribution < -0.4 is 0 Å². The van der Waals surface area contributed by atoms with Crippen molar-refractivity contribution in [2.24, 2.45) is 0 Å². The number of carbonyl (C=O) groups excluding carboxylic acids is 2.